The second-order valence-electron chi connectivity index (χ2n) is 5.54. The largest absolute Gasteiger partial charge is 0.377 e. The van der Waals surface area contributed by atoms with Crippen molar-refractivity contribution in [1.82, 2.24) is 5.32 Å². The van der Waals surface area contributed by atoms with Crippen molar-refractivity contribution in [2.45, 2.75) is 77.9 Å². The summed E-state index contributed by atoms with van der Waals surface area (Å²) in [5, 5.41) is 3.68. The van der Waals surface area contributed by atoms with Crippen LogP contribution in [0.5, 0.6) is 0 Å². The van der Waals surface area contributed by atoms with Gasteiger partial charge in [0.1, 0.15) is 0 Å². The van der Waals surface area contributed by atoms with Gasteiger partial charge in [-0.3, -0.25) is 0 Å². The van der Waals surface area contributed by atoms with E-state index in [4.69, 9.17) is 4.74 Å². The number of nitrogens with one attached hydrogen (secondary N) is 1. The molecule has 1 aliphatic carbocycles. The van der Waals surface area contributed by atoms with Crippen LogP contribution in [0, 0.1) is 5.92 Å². The van der Waals surface area contributed by atoms with Crippen molar-refractivity contribution in [1.29, 1.82) is 0 Å². The molecule has 2 atom stereocenters. The Balaban J connectivity index is 2.29. The Kier molecular flexibility index (Phi) is 7.87. The molecular formula is C15H31NO. The minimum Gasteiger partial charge on any atom is -0.377 e. The highest BCUT2D eigenvalue weighted by atomic mass is 16.5. The predicted molar refractivity (Wildman–Crippen MR) is 74.4 cm³/mol. The van der Waals surface area contributed by atoms with E-state index in [-0.39, 0.29) is 0 Å². The third kappa shape index (κ3) is 5.87. The van der Waals surface area contributed by atoms with E-state index in [0.29, 0.717) is 12.1 Å². The molecule has 0 bridgehead atoms. The maximum absolute atomic E-state index is 5.99. The monoisotopic (exact) mass is 241 g/mol. The van der Waals surface area contributed by atoms with Gasteiger partial charge in [0.05, 0.1) is 12.7 Å². The van der Waals surface area contributed by atoms with Gasteiger partial charge in [-0.25, -0.2) is 0 Å². The zero-order chi connectivity index (χ0) is 12.5. The van der Waals surface area contributed by atoms with Crippen LogP contribution in [0.2, 0.25) is 0 Å². The van der Waals surface area contributed by atoms with E-state index in [1.807, 2.05) is 0 Å². The molecule has 0 amide bonds. The van der Waals surface area contributed by atoms with E-state index in [9.17, 15) is 0 Å². The second-order valence-corrected chi connectivity index (χ2v) is 5.54. The third-order valence-corrected chi connectivity index (χ3v) is 3.88. The second kappa shape index (κ2) is 8.93. The van der Waals surface area contributed by atoms with Crippen LogP contribution in [-0.2, 0) is 4.74 Å². The van der Waals surface area contributed by atoms with Crippen LogP contribution in [0.4, 0.5) is 0 Å². The molecule has 0 saturated heterocycles. The highest BCUT2D eigenvalue weighted by Gasteiger charge is 2.24. The Morgan fingerprint density at radius 1 is 1.18 bits per heavy atom. The van der Waals surface area contributed by atoms with Gasteiger partial charge in [-0.1, -0.05) is 33.1 Å². The molecule has 2 nitrogen and oxygen atoms in total. The molecule has 0 radical (unpaired) electrons. The van der Waals surface area contributed by atoms with E-state index in [1.165, 1.54) is 44.9 Å². The molecule has 0 spiro atoms. The summed E-state index contributed by atoms with van der Waals surface area (Å²) in [6, 6.07) is 0.594. The average molecular weight is 241 g/mol. The first-order valence-corrected chi connectivity index (χ1v) is 7.62. The molecule has 0 aromatic rings. The van der Waals surface area contributed by atoms with E-state index in [2.05, 4.69) is 26.1 Å². The minimum absolute atomic E-state index is 0.423. The smallest absolute Gasteiger partial charge is 0.0625 e. The maximum atomic E-state index is 5.99. The average Bonchev–Trinajstić information content (AvgIpc) is 2.83. The summed E-state index contributed by atoms with van der Waals surface area (Å²) < 4.78 is 5.99. The van der Waals surface area contributed by atoms with Crippen LogP contribution in [0.25, 0.3) is 0 Å². The number of rotatable bonds is 9. The van der Waals surface area contributed by atoms with E-state index in [0.717, 1.165) is 19.1 Å². The fourth-order valence-electron chi connectivity index (χ4n) is 2.81. The van der Waals surface area contributed by atoms with Crippen LogP contribution in [0.1, 0.15) is 65.7 Å². The number of hydrogen-bond donors (Lipinski definition) is 1. The van der Waals surface area contributed by atoms with Gasteiger partial charge in [-0.05, 0) is 45.1 Å². The normalized spacial score (nSPS) is 20.6. The summed E-state index contributed by atoms with van der Waals surface area (Å²) in [6.07, 6.45) is 9.67. The quantitative estimate of drug-likeness (QED) is 0.664. The lowest BCUT2D eigenvalue weighted by Gasteiger charge is -2.26. The van der Waals surface area contributed by atoms with Crippen molar-refractivity contribution < 1.29 is 4.74 Å². The minimum atomic E-state index is 0.423. The van der Waals surface area contributed by atoms with Crippen LogP contribution < -0.4 is 5.32 Å². The van der Waals surface area contributed by atoms with Crippen LogP contribution in [0.15, 0.2) is 0 Å². The Morgan fingerprint density at radius 2 is 1.88 bits per heavy atom. The zero-order valence-electron chi connectivity index (χ0n) is 12.0. The first-order chi connectivity index (χ1) is 8.27. The molecule has 17 heavy (non-hydrogen) atoms. The zero-order valence-corrected chi connectivity index (χ0v) is 12.0. The molecule has 1 fully saturated rings. The van der Waals surface area contributed by atoms with Crippen LogP contribution in [0.3, 0.4) is 0 Å². The van der Waals surface area contributed by atoms with Crippen molar-refractivity contribution >= 4 is 0 Å². The number of ether oxygens (including phenoxy) is 1. The lowest BCUT2D eigenvalue weighted by Crippen LogP contribution is -2.40. The van der Waals surface area contributed by atoms with Gasteiger partial charge in [0.25, 0.3) is 0 Å². The molecule has 102 valence electrons. The Labute approximate surface area is 108 Å². The van der Waals surface area contributed by atoms with Gasteiger partial charge in [-0.15, -0.1) is 0 Å². The maximum Gasteiger partial charge on any atom is 0.0625 e. The van der Waals surface area contributed by atoms with Gasteiger partial charge < -0.3 is 10.1 Å². The van der Waals surface area contributed by atoms with Crippen molar-refractivity contribution in [3.8, 4) is 0 Å². The van der Waals surface area contributed by atoms with Crippen LogP contribution in [-0.4, -0.2) is 25.3 Å². The van der Waals surface area contributed by atoms with Crippen molar-refractivity contribution in [3.63, 3.8) is 0 Å². The molecule has 1 rings (SSSR count). The Bertz CT molecular complexity index is 178. The number of hydrogen-bond acceptors (Lipinski definition) is 2. The van der Waals surface area contributed by atoms with Crippen LogP contribution >= 0.6 is 0 Å². The van der Waals surface area contributed by atoms with Gasteiger partial charge in [0.15, 0.2) is 0 Å². The topological polar surface area (TPSA) is 21.3 Å². The molecular weight excluding hydrogens is 210 g/mol. The van der Waals surface area contributed by atoms with Crippen molar-refractivity contribution in [2.75, 3.05) is 13.2 Å². The summed E-state index contributed by atoms with van der Waals surface area (Å²) >= 11 is 0. The lowest BCUT2D eigenvalue weighted by molar-refractivity contribution is 0.0333. The Hall–Kier alpha value is -0.0800. The van der Waals surface area contributed by atoms with E-state index in [1.54, 1.807) is 0 Å². The van der Waals surface area contributed by atoms with E-state index < -0.39 is 0 Å². The first-order valence-electron chi connectivity index (χ1n) is 7.62. The van der Waals surface area contributed by atoms with E-state index >= 15 is 0 Å². The summed E-state index contributed by atoms with van der Waals surface area (Å²) in [4.78, 5) is 0. The summed E-state index contributed by atoms with van der Waals surface area (Å²) in [6.45, 7) is 8.70. The highest BCUT2D eigenvalue weighted by Crippen LogP contribution is 2.28. The molecule has 0 aliphatic heterocycles. The molecule has 1 saturated carbocycles. The SMILES string of the molecule is CCCNC(COC(C)CCC)C1CCCC1. The standard InChI is InChI=1S/C15H31NO/c1-4-8-13(3)17-12-15(16-11-5-2)14-9-6-7-10-14/h13-16H,4-12H2,1-3H3. The fraction of sp³-hybridized carbons (Fsp3) is 1.00. The molecule has 2 heteroatoms. The molecule has 0 aromatic carbocycles. The third-order valence-electron chi connectivity index (χ3n) is 3.88. The fourth-order valence-corrected chi connectivity index (χ4v) is 2.81. The first kappa shape index (κ1) is 15.0. The molecule has 0 aromatic heterocycles. The van der Waals surface area contributed by atoms with Gasteiger partial charge >= 0.3 is 0 Å². The Morgan fingerprint density at radius 3 is 2.47 bits per heavy atom. The summed E-state index contributed by atoms with van der Waals surface area (Å²) in [5.74, 6) is 0.857. The summed E-state index contributed by atoms with van der Waals surface area (Å²) in [5.41, 5.74) is 0. The van der Waals surface area contributed by atoms with Crippen molar-refractivity contribution in [3.05, 3.63) is 0 Å². The lowest BCUT2D eigenvalue weighted by atomic mass is 9.98. The molecule has 1 N–H and O–H groups in total. The highest BCUT2D eigenvalue weighted by molar-refractivity contribution is 4.80. The molecule has 2 unspecified atom stereocenters. The predicted octanol–water partition coefficient (Wildman–Crippen LogP) is 3.75. The molecule has 1 aliphatic rings. The van der Waals surface area contributed by atoms with Gasteiger partial charge in [0.2, 0.25) is 0 Å². The van der Waals surface area contributed by atoms with Gasteiger partial charge in [0, 0.05) is 6.04 Å². The molecule has 0 heterocycles. The van der Waals surface area contributed by atoms with Gasteiger partial charge in [-0.2, -0.15) is 0 Å². The summed E-state index contributed by atoms with van der Waals surface area (Å²) in [7, 11) is 0. The van der Waals surface area contributed by atoms with Crippen molar-refractivity contribution in [2.24, 2.45) is 5.92 Å².